The van der Waals surface area contributed by atoms with Gasteiger partial charge in [0, 0.05) is 24.7 Å². The summed E-state index contributed by atoms with van der Waals surface area (Å²) in [7, 11) is -3.24. The first-order valence-electron chi connectivity index (χ1n) is 9.82. The third-order valence-corrected chi connectivity index (χ3v) is 6.85. The molecule has 0 aromatic heterocycles. The summed E-state index contributed by atoms with van der Waals surface area (Å²) < 4.78 is 25.8. The van der Waals surface area contributed by atoms with Gasteiger partial charge >= 0.3 is 0 Å². The smallest absolute Gasteiger partial charge is 0.254 e. The van der Waals surface area contributed by atoms with Crippen molar-refractivity contribution in [3.05, 3.63) is 29.8 Å². The second-order valence-corrected chi connectivity index (χ2v) is 9.15. The molecule has 0 aliphatic carbocycles. The van der Waals surface area contributed by atoms with Gasteiger partial charge in [0.2, 0.25) is 10.0 Å². The molecule has 1 aliphatic heterocycles. The Hall–Kier alpha value is -1.56. The van der Waals surface area contributed by atoms with Crippen LogP contribution in [0.25, 0.3) is 0 Å². The van der Waals surface area contributed by atoms with Gasteiger partial charge in [-0.05, 0) is 44.4 Å². The maximum Gasteiger partial charge on any atom is 0.254 e. The largest absolute Gasteiger partial charge is 0.336 e. The zero-order chi connectivity index (χ0) is 19.2. The maximum absolute atomic E-state index is 13.1. The van der Waals surface area contributed by atoms with E-state index in [1.165, 1.54) is 4.31 Å². The minimum Gasteiger partial charge on any atom is -0.336 e. The molecule has 6 heteroatoms. The Labute approximate surface area is 158 Å². The van der Waals surface area contributed by atoms with Gasteiger partial charge in [-0.3, -0.25) is 9.10 Å². The van der Waals surface area contributed by atoms with E-state index in [0.717, 1.165) is 38.6 Å². The first-order chi connectivity index (χ1) is 12.4. The van der Waals surface area contributed by atoms with Crippen molar-refractivity contribution in [2.75, 3.05) is 23.1 Å². The Morgan fingerprint density at radius 3 is 2.62 bits per heavy atom. The van der Waals surface area contributed by atoms with E-state index in [2.05, 4.69) is 20.8 Å². The molecule has 1 aromatic carbocycles. The van der Waals surface area contributed by atoms with Crippen molar-refractivity contribution in [1.29, 1.82) is 0 Å². The SMILES string of the molecule is CCCCCN(C(=O)c1cccc(N2CCCS2(=O)=O)c1)C(C)CCC. The molecular weight excluding hydrogens is 348 g/mol. The molecule has 0 saturated carbocycles. The number of rotatable bonds is 9. The third kappa shape index (κ3) is 5.00. The summed E-state index contributed by atoms with van der Waals surface area (Å²) in [5.41, 5.74) is 1.18. The van der Waals surface area contributed by atoms with Crippen molar-refractivity contribution >= 4 is 21.6 Å². The number of amides is 1. The number of unbranched alkanes of at least 4 members (excludes halogenated alkanes) is 2. The highest BCUT2D eigenvalue weighted by Gasteiger charge is 2.29. The van der Waals surface area contributed by atoms with Crippen molar-refractivity contribution in [2.45, 2.75) is 65.3 Å². The summed E-state index contributed by atoms with van der Waals surface area (Å²) >= 11 is 0. The molecule has 2 rings (SSSR count). The predicted molar refractivity (Wildman–Crippen MR) is 107 cm³/mol. The van der Waals surface area contributed by atoms with Gasteiger partial charge in [-0.1, -0.05) is 39.2 Å². The van der Waals surface area contributed by atoms with Crippen LogP contribution in [0.15, 0.2) is 24.3 Å². The molecule has 0 radical (unpaired) electrons. The van der Waals surface area contributed by atoms with Crippen molar-refractivity contribution in [3.8, 4) is 0 Å². The maximum atomic E-state index is 13.1. The fourth-order valence-corrected chi connectivity index (χ4v) is 5.07. The lowest BCUT2D eigenvalue weighted by molar-refractivity contribution is 0.0679. The molecule has 1 heterocycles. The Morgan fingerprint density at radius 2 is 2.00 bits per heavy atom. The van der Waals surface area contributed by atoms with Gasteiger partial charge in [0.15, 0.2) is 0 Å². The minimum absolute atomic E-state index is 0.000461. The molecule has 1 unspecified atom stereocenters. The van der Waals surface area contributed by atoms with Crippen LogP contribution in [0.2, 0.25) is 0 Å². The Bertz CT molecular complexity index is 703. The molecule has 26 heavy (non-hydrogen) atoms. The molecule has 146 valence electrons. The molecule has 0 spiro atoms. The summed E-state index contributed by atoms with van der Waals surface area (Å²) in [4.78, 5) is 15.1. The molecule has 1 aliphatic rings. The van der Waals surface area contributed by atoms with E-state index in [1.807, 2.05) is 4.90 Å². The average Bonchev–Trinajstić information content (AvgIpc) is 2.97. The standard InChI is InChI=1S/C20H32N2O3S/c1-4-6-7-13-21(17(3)10-5-2)20(23)18-11-8-12-19(16-18)22-14-9-15-26(22,24)25/h8,11-12,16-17H,4-7,9-10,13-15H2,1-3H3. The second kappa shape index (κ2) is 9.40. The number of anilines is 1. The number of nitrogens with zero attached hydrogens (tertiary/aromatic N) is 2. The van der Waals surface area contributed by atoms with Crippen molar-refractivity contribution < 1.29 is 13.2 Å². The first kappa shape index (κ1) is 20.7. The molecule has 1 amide bonds. The number of hydrogen-bond acceptors (Lipinski definition) is 3. The summed E-state index contributed by atoms with van der Waals surface area (Å²) in [5.74, 6) is 0.183. The van der Waals surface area contributed by atoms with E-state index in [1.54, 1.807) is 24.3 Å². The summed E-state index contributed by atoms with van der Waals surface area (Å²) in [6.45, 7) is 7.63. The molecule has 0 bridgehead atoms. The van der Waals surface area contributed by atoms with Gasteiger partial charge in [-0.2, -0.15) is 0 Å². The van der Waals surface area contributed by atoms with Crippen LogP contribution < -0.4 is 4.31 Å². The summed E-state index contributed by atoms with van der Waals surface area (Å²) in [6.07, 6.45) is 5.86. The van der Waals surface area contributed by atoms with Gasteiger partial charge in [0.1, 0.15) is 0 Å². The van der Waals surface area contributed by atoms with Gasteiger partial charge < -0.3 is 4.90 Å². The quantitative estimate of drug-likeness (QED) is 0.607. The normalized spacial score (nSPS) is 17.3. The molecular formula is C20H32N2O3S. The van der Waals surface area contributed by atoms with Crippen molar-refractivity contribution in [1.82, 2.24) is 4.90 Å². The van der Waals surface area contributed by atoms with Crippen molar-refractivity contribution in [2.24, 2.45) is 0 Å². The van der Waals surface area contributed by atoms with Crippen LogP contribution in [0.3, 0.4) is 0 Å². The zero-order valence-electron chi connectivity index (χ0n) is 16.3. The lowest BCUT2D eigenvalue weighted by Crippen LogP contribution is -2.39. The van der Waals surface area contributed by atoms with Crippen LogP contribution in [-0.2, 0) is 10.0 Å². The summed E-state index contributed by atoms with van der Waals surface area (Å²) in [5, 5.41) is 0. The third-order valence-electron chi connectivity index (χ3n) is 4.98. The molecule has 1 saturated heterocycles. The first-order valence-corrected chi connectivity index (χ1v) is 11.4. The fourth-order valence-electron chi connectivity index (χ4n) is 3.52. The topological polar surface area (TPSA) is 57.7 Å². The van der Waals surface area contributed by atoms with E-state index >= 15 is 0 Å². The molecule has 5 nitrogen and oxygen atoms in total. The molecule has 1 aromatic rings. The van der Waals surface area contributed by atoms with Gasteiger partial charge in [0.05, 0.1) is 11.4 Å². The lowest BCUT2D eigenvalue weighted by Gasteiger charge is -2.30. The van der Waals surface area contributed by atoms with Gasteiger partial charge in [0.25, 0.3) is 5.91 Å². The van der Waals surface area contributed by atoms with Crippen LogP contribution in [-0.4, -0.2) is 44.1 Å². The number of sulfonamides is 1. The van der Waals surface area contributed by atoms with Gasteiger partial charge in [-0.25, -0.2) is 8.42 Å². The predicted octanol–water partition coefficient (Wildman–Crippen LogP) is 4.05. The number of carbonyl (C=O) groups is 1. The van der Waals surface area contributed by atoms with Crippen LogP contribution in [0.4, 0.5) is 5.69 Å². The van der Waals surface area contributed by atoms with E-state index < -0.39 is 10.0 Å². The van der Waals surface area contributed by atoms with Gasteiger partial charge in [-0.15, -0.1) is 0 Å². The van der Waals surface area contributed by atoms with Crippen LogP contribution in [0.5, 0.6) is 0 Å². The fraction of sp³-hybridized carbons (Fsp3) is 0.650. The van der Waals surface area contributed by atoms with Crippen molar-refractivity contribution in [3.63, 3.8) is 0 Å². The molecule has 1 atom stereocenters. The average molecular weight is 381 g/mol. The molecule has 1 fully saturated rings. The number of carbonyl (C=O) groups excluding carboxylic acids is 1. The van der Waals surface area contributed by atoms with E-state index in [-0.39, 0.29) is 17.7 Å². The highest BCUT2D eigenvalue weighted by Crippen LogP contribution is 2.25. The van der Waals surface area contributed by atoms with E-state index in [4.69, 9.17) is 0 Å². The van der Waals surface area contributed by atoms with E-state index in [9.17, 15) is 13.2 Å². The highest BCUT2D eigenvalue weighted by molar-refractivity contribution is 7.93. The lowest BCUT2D eigenvalue weighted by atomic mass is 10.1. The van der Waals surface area contributed by atoms with Crippen LogP contribution in [0, 0.1) is 0 Å². The Kier molecular flexibility index (Phi) is 7.50. The minimum atomic E-state index is -3.24. The van der Waals surface area contributed by atoms with Crippen LogP contribution in [0.1, 0.15) is 69.7 Å². The molecule has 0 N–H and O–H groups in total. The number of benzene rings is 1. The zero-order valence-corrected chi connectivity index (χ0v) is 17.1. The Balaban J connectivity index is 2.23. The second-order valence-electron chi connectivity index (χ2n) is 7.14. The Morgan fingerprint density at radius 1 is 1.23 bits per heavy atom. The van der Waals surface area contributed by atoms with E-state index in [0.29, 0.717) is 24.2 Å². The monoisotopic (exact) mass is 380 g/mol. The summed E-state index contributed by atoms with van der Waals surface area (Å²) in [6, 6.07) is 7.27. The highest BCUT2D eigenvalue weighted by atomic mass is 32.2. The number of hydrogen-bond donors (Lipinski definition) is 0. The van der Waals surface area contributed by atoms with Crippen LogP contribution >= 0.6 is 0 Å².